The lowest BCUT2D eigenvalue weighted by molar-refractivity contribution is -0.0954. The van der Waals surface area contributed by atoms with Gasteiger partial charge in [0.05, 0.1) is 10.9 Å². The topological polar surface area (TPSA) is 50.3 Å². The summed E-state index contributed by atoms with van der Waals surface area (Å²) in [4.78, 5) is 12.2. The standard InChI is InChI=1S/C18H23ClN4OS/c1-11-7-18(16-12(4-5-24-18)6-15(19)25-16)8-14(22-11)13-9-20-17(21-10-13)23(2)3/h6,9-11,14,22H,4-5,7-8H2,1-3H3/t11-,14-,18-/m0/s1. The third-order valence-corrected chi connectivity index (χ3v) is 6.55. The molecular weight excluding hydrogens is 356 g/mol. The minimum atomic E-state index is -0.249. The predicted octanol–water partition coefficient (Wildman–Crippen LogP) is 3.54. The average Bonchev–Trinajstić information content (AvgIpc) is 2.96. The monoisotopic (exact) mass is 378 g/mol. The molecule has 2 aliphatic rings. The fourth-order valence-electron chi connectivity index (χ4n) is 4.02. The molecule has 0 aromatic carbocycles. The van der Waals surface area contributed by atoms with Crippen molar-refractivity contribution >= 4 is 28.9 Å². The van der Waals surface area contributed by atoms with Crippen molar-refractivity contribution in [1.82, 2.24) is 15.3 Å². The van der Waals surface area contributed by atoms with Gasteiger partial charge in [0.25, 0.3) is 0 Å². The molecule has 0 bridgehead atoms. The molecule has 0 radical (unpaired) electrons. The van der Waals surface area contributed by atoms with Gasteiger partial charge in [0.1, 0.15) is 5.60 Å². The van der Waals surface area contributed by atoms with Crippen molar-refractivity contribution in [3.63, 3.8) is 0 Å². The average molecular weight is 379 g/mol. The molecular formula is C18H23ClN4OS. The van der Waals surface area contributed by atoms with Crippen LogP contribution in [0.15, 0.2) is 18.5 Å². The highest BCUT2D eigenvalue weighted by Gasteiger charge is 2.46. The van der Waals surface area contributed by atoms with Gasteiger partial charge in [-0.05, 0) is 31.4 Å². The number of hydrogen-bond acceptors (Lipinski definition) is 6. The molecule has 2 aromatic rings. The number of anilines is 1. The molecule has 1 N–H and O–H groups in total. The summed E-state index contributed by atoms with van der Waals surface area (Å²) >= 11 is 7.99. The van der Waals surface area contributed by atoms with Crippen molar-refractivity contribution in [1.29, 1.82) is 0 Å². The van der Waals surface area contributed by atoms with Gasteiger partial charge in [-0.1, -0.05) is 11.6 Å². The van der Waals surface area contributed by atoms with Crippen LogP contribution in [0.3, 0.4) is 0 Å². The van der Waals surface area contributed by atoms with E-state index in [9.17, 15) is 0 Å². The van der Waals surface area contributed by atoms with Crippen LogP contribution in [0.4, 0.5) is 5.95 Å². The molecule has 4 rings (SSSR count). The molecule has 0 unspecified atom stereocenters. The van der Waals surface area contributed by atoms with E-state index in [0.717, 1.165) is 41.7 Å². The van der Waals surface area contributed by atoms with Crippen LogP contribution < -0.4 is 10.2 Å². The highest BCUT2D eigenvalue weighted by Crippen LogP contribution is 2.49. The number of aromatic nitrogens is 2. The van der Waals surface area contributed by atoms with Gasteiger partial charge < -0.3 is 15.0 Å². The summed E-state index contributed by atoms with van der Waals surface area (Å²) in [6.07, 6.45) is 6.65. The summed E-state index contributed by atoms with van der Waals surface area (Å²) < 4.78 is 7.25. The van der Waals surface area contributed by atoms with E-state index < -0.39 is 0 Å². The Morgan fingerprint density at radius 1 is 1.32 bits per heavy atom. The number of rotatable bonds is 2. The summed E-state index contributed by atoms with van der Waals surface area (Å²) in [5.41, 5.74) is 2.21. The summed E-state index contributed by atoms with van der Waals surface area (Å²) in [5, 5.41) is 3.69. The summed E-state index contributed by atoms with van der Waals surface area (Å²) in [5.74, 6) is 0.726. The van der Waals surface area contributed by atoms with Crippen LogP contribution >= 0.6 is 22.9 Å². The second kappa shape index (κ2) is 6.50. The quantitative estimate of drug-likeness (QED) is 0.866. The molecule has 0 saturated carbocycles. The van der Waals surface area contributed by atoms with E-state index in [2.05, 4.69) is 28.3 Å². The molecule has 2 aromatic heterocycles. The van der Waals surface area contributed by atoms with Crippen LogP contribution in [0.2, 0.25) is 4.34 Å². The molecule has 1 spiro atoms. The van der Waals surface area contributed by atoms with Crippen molar-refractivity contribution < 1.29 is 4.74 Å². The lowest BCUT2D eigenvalue weighted by Gasteiger charge is -2.46. The second-order valence-corrected chi connectivity index (χ2v) is 8.92. The zero-order chi connectivity index (χ0) is 17.6. The molecule has 0 aliphatic carbocycles. The van der Waals surface area contributed by atoms with E-state index in [1.165, 1.54) is 10.4 Å². The lowest BCUT2D eigenvalue weighted by Crippen LogP contribution is -2.49. The molecule has 134 valence electrons. The van der Waals surface area contributed by atoms with Gasteiger partial charge in [0, 0.05) is 55.4 Å². The Morgan fingerprint density at radius 2 is 2.08 bits per heavy atom. The van der Waals surface area contributed by atoms with Crippen LogP contribution in [0.1, 0.15) is 41.8 Å². The first kappa shape index (κ1) is 17.2. The Labute approximate surface area is 157 Å². The molecule has 25 heavy (non-hydrogen) atoms. The first-order valence-electron chi connectivity index (χ1n) is 8.65. The normalized spacial score (nSPS) is 28.8. The minimum absolute atomic E-state index is 0.173. The number of nitrogens with one attached hydrogen (secondary N) is 1. The van der Waals surface area contributed by atoms with Crippen molar-refractivity contribution in [3.8, 4) is 0 Å². The smallest absolute Gasteiger partial charge is 0.224 e. The molecule has 5 nitrogen and oxygen atoms in total. The van der Waals surface area contributed by atoms with Gasteiger partial charge in [-0.2, -0.15) is 0 Å². The summed E-state index contributed by atoms with van der Waals surface area (Å²) in [6, 6.07) is 2.63. The Morgan fingerprint density at radius 3 is 2.80 bits per heavy atom. The summed E-state index contributed by atoms with van der Waals surface area (Å²) in [6.45, 7) is 2.98. The zero-order valence-corrected chi connectivity index (χ0v) is 16.3. The fourth-order valence-corrected chi connectivity index (χ4v) is 5.48. The number of halogens is 1. The van der Waals surface area contributed by atoms with Crippen molar-refractivity contribution in [2.45, 2.75) is 43.9 Å². The molecule has 2 aliphatic heterocycles. The third-order valence-electron chi connectivity index (χ3n) is 5.06. The maximum absolute atomic E-state index is 6.39. The Balaban J connectivity index is 1.66. The van der Waals surface area contributed by atoms with Crippen LogP contribution in [-0.4, -0.2) is 36.7 Å². The minimum Gasteiger partial charge on any atom is -0.369 e. The summed E-state index contributed by atoms with van der Waals surface area (Å²) in [7, 11) is 3.89. The molecule has 1 saturated heterocycles. The van der Waals surface area contributed by atoms with Crippen LogP contribution in [0.25, 0.3) is 0 Å². The van der Waals surface area contributed by atoms with E-state index >= 15 is 0 Å². The Kier molecular flexibility index (Phi) is 4.48. The van der Waals surface area contributed by atoms with Crippen LogP contribution in [-0.2, 0) is 16.8 Å². The highest BCUT2D eigenvalue weighted by atomic mass is 35.5. The van der Waals surface area contributed by atoms with Crippen LogP contribution in [0, 0.1) is 0 Å². The molecule has 7 heteroatoms. The number of ether oxygens (including phenoxy) is 1. The maximum atomic E-state index is 6.39. The van der Waals surface area contributed by atoms with Crippen molar-refractivity contribution in [2.24, 2.45) is 0 Å². The maximum Gasteiger partial charge on any atom is 0.224 e. The molecule has 3 atom stereocenters. The fraction of sp³-hybridized carbons (Fsp3) is 0.556. The molecule has 1 fully saturated rings. The van der Waals surface area contributed by atoms with E-state index in [1.54, 1.807) is 11.3 Å². The first-order valence-corrected chi connectivity index (χ1v) is 9.84. The third kappa shape index (κ3) is 3.16. The number of thiophene rings is 1. The Hall–Kier alpha value is -1.21. The number of hydrogen-bond donors (Lipinski definition) is 1. The lowest BCUT2D eigenvalue weighted by atomic mass is 9.78. The Bertz CT molecular complexity index is 763. The first-order chi connectivity index (χ1) is 12.0. The zero-order valence-electron chi connectivity index (χ0n) is 14.8. The van der Waals surface area contributed by atoms with Gasteiger partial charge >= 0.3 is 0 Å². The van der Waals surface area contributed by atoms with Gasteiger partial charge in [-0.3, -0.25) is 0 Å². The second-order valence-electron chi connectivity index (χ2n) is 7.24. The van der Waals surface area contributed by atoms with Gasteiger partial charge in [-0.15, -0.1) is 11.3 Å². The van der Waals surface area contributed by atoms with Gasteiger partial charge in [-0.25, -0.2) is 9.97 Å². The molecule has 4 heterocycles. The van der Waals surface area contributed by atoms with Gasteiger partial charge in [0.15, 0.2) is 0 Å². The number of piperidine rings is 1. The van der Waals surface area contributed by atoms with E-state index in [4.69, 9.17) is 16.3 Å². The van der Waals surface area contributed by atoms with E-state index in [0.29, 0.717) is 6.04 Å². The number of nitrogens with zero attached hydrogens (tertiary/aromatic N) is 3. The van der Waals surface area contributed by atoms with E-state index in [-0.39, 0.29) is 11.6 Å². The van der Waals surface area contributed by atoms with Crippen molar-refractivity contribution in [3.05, 3.63) is 38.8 Å². The highest BCUT2D eigenvalue weighted by molar-refractivity contribution is 7.16. The van der Waals surface area contributed by atoms with Gasteiger partial charge in [0.2, 0.25) is 5.95 Å². The predicted molar refractivity (Wildman–Crippen MR) is 102 cm³/mol. The van der Waals surface area contributed by atoms with E-state index in [1.807, 2.05) is 31.4 Å². The van der Waals surface area contributed by atoms with Crippen LogP contribution in [0.5, 0.6) is 0 Å². The number of fused-ring (bicyclic) bond motifs is 2. The molecule has 0 amide bonds. The largest absolute Gasteiger partial charge is 0.369 e. The SMILES string of the molecule is C[C@H]1C[C@@]2(C[C@@H](c3cnc(N(C)C)nc3)N1)OCCc1cc(Cl)sc12. The van der Waals surface area contributed by atoms with Crippen molar-refractivity contribution in [2.75, 3.05) is 25.6 Å².